The largest absolute Gasteiger partial charge is 0.347 e. The molecule has 0 atom stereocenters. The van der Waals surface area contributed by atoms with Gasteiger partial charge in [-0.3, -0.25) is 14.7 Å². The molecule has 0 saturated carbocycles. The van der Waals surface area contributed by atoms with Crippen LogP contribution >= 0.6 is 0 Å². The lowest BCUT2D eigenvalue weighted by Gasteiger charge is -2.07. The molecule has 1 aromatic heterocycles. The molecule has 0 aliphatic carbocycles. The van der Waals surface area contributed by atoms with Gasteiger partial charge in [-0.1, -0.05) is 12.1 Å². The lowest BCUT2D eigenvalue weighted by molar-refractivity contribution is -0.136. The predicted octanol–water partition coefficient (Wildman–Crippen LogP) is 0.508. The lowest BCUT2D eigenvalue weighted by Crippen LogP contribution is -2.36. The fraction of sp³-hybridized carbons (Fsp3) is 0.118. The Morgan fingerprint density at radius 2 is 1.81 bits per heavy atom. The second-order valence-electron chi connectivity index (χ2n) is 5.82. The van der Waals surface area contributed by atoms with E-state index >= 15 is 0 Å². The Morgan fingerprint density at radius 3 is 2.52 bits per heavy atom. The molecule has 0 aliphatic heterocycles. The van der Waals surface area contributed by atoms with Gasteiger partial charge >= 0.3 is 11.8 Å². The summed E-state index contributed by atoms with van der Waals surface area (Å²) in [5, 5.41) is 17.6. The highest BCUT2D eigenvalue weighted by Crippen LogP contribution is 2.16. The highest BCUT2D eigenvalue weighted by Gasteiger charge is 2.13. The number of hydrogen-bond donors (Lipinski definition) is 4. The molecular formula is C17H17N5O4S. The Hall–Kier alpha value is -3.24. The smallest absolute Gasteiger partial charge is 0.313 e. The lowest BCUT2D eigenvalue weighted by atomic mass is 10.1. The Bertz CT molecular complexity index is 1090. The molecule has 10 heteroatoms. The SMILES string of the molecule is NS(=O)(=O)c1ccc(CCNC(=O)C(=O)Nc2ccc3cn[nH]c3c2)cc1. The van der Waals surface area contributed by atoms with Crippen LogP contribution in [0.2, 0.25) is 0 Å². The van der Waals surface area contributed by atoms with Crippen LogP contribution in [0.1, 0.15) is 5.56 Å². The first-order valence-electron chi connectivity index (χ1n) is 7.97. The molecule has 0 unspecified atom stereocenters. The van der Waals surface area contributed by atoms with Crippen molar-refractivity contribution in [3.8, 4) is 0 Å². The number of fused-ring (bicyclic) bond motifs is 1. The first-order valence-corrected chi connectivity index (χ1v) is 9.51. The number of aromatic amines is 1. The molecule has 0 radical (unpaired) electrons. The molecule has 9 nitrogen and oxygen atoms in total. The average molecular weight is 387 g/mol. The minimum absolute atomic E-state index is 0.0175. The van der Waals surface area contributed by atoms with Crippen molar-refractivity contribution in [3.05, 3.63) is 54.2 Å². The van der Waals surface area contributed by atoms with E-state index in [1.54, 1.807) is 36.5 Å². The van der Waals surface area contributed by atoms with Gasteiger partial charge in [0.25, 0.3) is 0 Å². The van der Waals surface area contributed by atoms with Crippen molar-refractivity contribution in [2.24, 2.45) is 5.14 Å². The summed E-state index contributed by atoms with van der Waals surface area (Å²) in [5.41, 5.74) is 2.02. The number of benzene rings is 2. The van der Waals surface area contributed by atoms with E-state index in [1.165, 1.54) is 12.1 Å². The van der Waals surface area contributed by atoms with E-state index in [-0.39, 0.29) is 11.4 Å². The molecule has 0 fully saturated rings. The van der Waals surface area contributed by atoms with Crippen molar-refractivity contribution in [1.29, 1.82) is 0 Å². The monoisotopic (exact) mass is 387 g/mol. The van der Waals surface area contributed by atoms with Gasteiger partial charge in [0.15, 0.2) is 0 Å². The highest BCUT2D eigenvalue weighted by atomic mass is 32.2. The van der Waals surface area contributed by atoms with Crippen molar-refractivity contribution in [2.45, 2.75) is 11.3 Å². The van der Waals surface area contributed by atoms with Crippen molar-refractivity contribution < 1.29 is 18.0 Å². The van der Waals surface area contributed by atoms with Crippen LogP contribution in [-0.2, 0) is 26.0 Å². The van der Waals surface area contributed by atoms with E-state index < -0.39 is 21.8 Å². The summed E-state index contributed by atoms with van der Waals surface area (Å²) in [7, 11) is -3.73. The van der Waals surface area contributed by atoms with E-state index in [0.29, 0.717) is 12.1 Å². The molecule has 2 amide bonds. The molecule has 140 valence electrons. The number of amides is 2. The molecule has 0 saturated heterocycles. The fourth-order valence-corrected chi connectivity index (χ4v) is 2.96. The summed E-state index contributed by atoms with van der Waals surface area (Å²) in [5.74, 6) is -1.54. The van der Waals surface area contributed by atoms with E-state index in [4.69, 9.17) is 5.14 Å². The van der Waals surface area contributed by atoms with Gasteiger partial charge in [0.1, 0.15) is 0 Å². The molecule has 0 bridgehead atoms. The number of sulfonamides is 1. The zero-order chi connectivity index (χ0) is 19.4. The summed E-state index contributed by atoms with van der Waals surface area (Å²) in [4.78, 5) is 23.9. The van der Waals surface area contributed by atoms with E-state index in [1.807, 2.05) is 0 Å². The Kier molecular flexibility index (Phi) is 5.19. The Labute approximate surface area is 155 Å². The van der Waals surface area contributed by atoms with Crippen LogP contribution in [0.4, 0.5) is 5.69 Å². The van der Waals surface area contributed by atoms with Crippen LogP contribution in [0.5, 0.6) is 0 Å². The average Bonchev–Trinajstić information content (AvgIpc) is 3.09. The topological polar surface area (TPSA) is 147 Å². The zero-order valence-corrected chi connectivity index (χ0v) is 14.9. The van der Waals surface area contributed by atoms with Gasteiger partial charge in [0, 0.05) is 17.6 Å². The van der Waals surface area contributed by atoms with Crippen molar-refractivity contribution >= 4 is 38.4 Å². The molecule has 27 heavy (non-hydrogen) atoms. The first-order chi connectivity index (χ1) is 12.8. The maximum absolute atomic E-state index is 12.0. The van der Waals surface area contributed by atoms with Gasteiger partial charge in [0.05, 0.1) is 16.6 Å². The van der Waals surface area contributed by atoms with Crippen molar-refractivity contribution in [3.63, 3.8) is 0 Å². The third kappa shape index (κ3) is 4.68. The summed E-state index contributed by atoms with van der Waals surface area (Å²) >= 11 is 0. The van der Waals surface area contributed by atoms with Gasteiger partial charge in [-0.05, 0) is 42.3 Å². The number of anilines is 1. The molecule has 2 aromatic carbocycles. The van der Waals surface area contributed by atoms with Crippen LogP contribution in [0, 0.1) is 0 Å². The third-order valence-electron chi connectivity index (χ3n) is 3.86. The van der Waals surface area contributed by atoms with E-state index in [2.05, 4.69) is 20.8 Å². The van der Waals surface area contributed by atoms with E-state index in [0.717, 1.165) is 16.5 Å². The zero-order valence-electron chi connectivity index (χ0n) is 14.1. The summed E-state index contributed by atoms with van der Waals surface area (Å²) in [6, 6.07) is 11.1. The molecule has 0 spiro atoms. The second-order valence-corrected chi connectivity index (χ2v) is 7.38. The van der Waals surface area contributed by atoms with Gasteiger partial charge in [-0.2, -0.15) is 5.10 Å². The molecule has 0 aliphatic rings. The molecule has 5 N–H and O–H groups in total. The second kappa shape index (κ2) is 7.56. The number of carbonyl (C=O) groups excluding carboxylic acids is 2. The van der Waals surface area contributed by atoms with Gasteiger partial charge < -0.3 is 10.6 Å². The van der Waals surface area contributed by atoms with Gasteiger partial charge in [0.2, 0.25) is 10.0 Å². The maximum Gasteiger partial charge on any atom is 0.313 e. The van der Waals surface area contributed by atoms with Crippen molar-refractivity contribution in [1.82, 2.24) is 15.5 Å². The number of H-pyrrole nitrogens is 1. The summed E-state index contributed by atoms with van der Waals surface area (Å²) in [6.45, 7) is 0.223. The number of carbonyl (C=O) groups is 2. The Balaban J connectivity index is 1.50. The normalized spacial score (nSPS) is 11.3. The fourth-order valence-electron chi connectivity index (χ4n) is 2.45. The molecule has 1 heterocycles. The van der Waals surface area contributed by atoms with Crippen LogP contribution in [0.25, 0.3) is 10.9 Å². The quantitative estimate of drug-likeness (QED) is 0.471. The minimum Gasteiger partial charge on any atom is -0.347 e. The number of nitrogens with one attached hydrogen (secondary N) is 3. The number of hydrogen-bond acceptors (Lipinski definition) is 5. The molecule has 3 rings (SSSR count). The Morgan fingerprint density at radius 1 is 1.07 bits per heavy atom. The van der Waals surface area contributed by atoms with Crippen molar-refractivity contribution in [2.75, 3.05) is 11.9 Å². The number of nitrogens with zero attached hydrogens (tertiary/aromatic N) is 1. The van der Waals surface area contributed by atoms with Gasteiger partial charge in [-0.15, -0.1) is 0 Å². The predicted molar refractivity (Wildman–Crippen MR) is 99.3 cm³/mol. The highest BCUT2D eigenvalue weighted by molar-refractivity contribution is 7.89. The van der Waals surface area contributed by atoms with Crippen LogP contribution in [0.3, 0.4) is 0 Å². The number of rotatable bonds is 5. The first kappa shape index (κ1) is 18.5. The van der Waals surface area contributed by atoms with Crippen LogP contribution < -0.4 is 15.8 Å². The molecular weight excluding hydrogens is 370 g/mol. The number of nitrogens with two attached hydrogens (primary N) is 1. The standard InChI is InChI=1S/C17H17N5O4S/c18-27(25,26)14-5-1-11(2-6-14)7-8-19-16(23)17(24)21-13-4-3-12-10-20-22-15(12)9-13/h1-6,9-10H,7-8H2,(H,19,23)(H,20,22)(H,21,24)(H2,18,25,26). The van der Waals surface area contributed by atoms with Crippen LogP contribution in [0.15, 0.2) is 53.6 Å². The summed E-state index contributed by atoms with van der Waals surface area (Å²) in [6.07, 6.45) is 2.09. The third-order valence-corrected chi connectivity index (χ3v) is 4.79. The van der Waals surface area contributed by atoms with Crippen LogP contribution in [-0.4, -0.2) is 37.0 Å². The van der Waals surface area contributed by atoms with Gasteiger partial charge in [-0.25, -0.2) is 13.6 Å². The summed E-state index contributed by atoms with van der Waals surface area (Å²) < 4.78 is 22.4. The minimum atomic E-state index is -3.73. The van der Waals surface area contributed by atoms with E-state index in [9.17, 15) is 18.0 Å². The molecule has 3 aromatic rings. The maximum atomic E-state index is 12.0. The number of aromatic nitrogens is 2. The number of primary sulfonamides is 1.